The number of hydrogen-bond donors (Lipinski definition) is 1. The second-order valence-corrected chi connectivity index (χ2v) is 4.02. The van der Waals surface area contributed by atoms with Crippen molar-refractivity contribution in [3.63, 3.8) is 0 Å². The minimum Gasteiger partial charge on any atom is -0.396 e. The molecule has 1 aromatic carbocycles. The molecule has 0 bridgehead atoms. The molecule has 0 aliphatic carbocycles. The van der Waals surface area contributed by atoms with Gasteiger partial charge in [0.15, 0.2) is 0 Å². The van der Waals surface area contributed by atoms with Crippen LogP contribution in [0.5, 0.6) is 0 Å². The molecule has 100 valence electrons. The number of aromatic nitrogens is 3. The third-order valence-corrected chi connectivity index (χ3v) is 2.66. The maximum atomic E-state index is 13.7. The summed E-state index contributed by atoms with van der Waals surface area (Å²) in [5.41, 5.74) is 5.78. The standard InChI is InChI=1S/C13H8F2N4O/c14-9-5-10(15)11(16)4-8(9)13-18-12(19-20-13)7-2-1-3-17-6-7/h1-6H,16H2. The van der Waals surface area contributed by atoms with Crippen molar-refractivity contribution < 1.29 is 13.3 Å². The fourth-order valence-corrected chi connectivity index (χ4v) is 1.67. The van der Waals surface area contributed by atoms with Crippen LogP contribution in [-0.4, -0.2) is 15.1 Å². The van der Waals surface area contributed by atoms with Crippen LogP contribution >= 0.6 is 0 Å². The lowest BCUT2D eigenvalue weighted by Crippen LogP contribution is -1.94. The number of anilines is 1. The Kier molecular flexibility index (Phi) is 2.86. The second-order valence-electron chi connectivity index (χ2n) is 4.02. The van der Waals surface area contributed by atoms with E-state index in [1.54, 1.807) is 24.5 Å². The van der Waals surface area contributed by atoms with Crippen LogP contribution in [0, 0.1) is 11.6 Å². The Morgan fingerprint density at radius 2 is 2.00 bits per heavy atom. The summed E-state index contributed by atoms with van der Waals surface area (Å²) in [5, 5.41) is 3.73. The molecule has 0 saturated heterocycles. The lowest BCUT2D eigenvalue weighted by molar-refractivity contribution is 0.429. The van der Waals surface area contributed by atoms with Crippen molar-refractivity contribution >= 4 is 5.69 Å². The van der Waals surface area contributed by atoms with E-state index in [1.807, 2.05) is 0 Å². The molecule has 0 radical (unpaired) electrons. The van der Waals surface area contributed by atoms with Gasteiger partial charge in [-0.3, -0.25) is 4.98 Å². The molecule has 2 aromatic heterocycles. The third-order valence-electron chi connectivity index (χ3n) is 2.66. The highest BCUT2D eigenvalue weighted by Gasteiger charge is 2.16. The predicted molar refractivity (Wildman–Crippen MR) is 67.3 cm³/mol. The predicted octanol–water partition coefficient (Wildman–Crippen LogP) is 2.66. The molecule has 5 nitrogen and oxygen atoms in total. The average Bonchev–Trinajstić information content (AvgIpc) is 2.93. The van der Waals surface area contributed by atoms with Crippen molar-refractivity contribution in [3.8, 4) is 22.8 Å². The van der Waals surface area contributed by atoms with E-state index in [1.165, 1.54) is 0 Å². The van der Waals surface area contributed by atoms with Gasteiger partial charge in [0.05, 0.1) is 11.3 Å². The smallest absolute Gasteiger partial charge is 0.261 e. The highest BCUT2D eigenvalue weighted by Crippen LogP contribution is 2.27. The van der Waals surface area contributed by atoms with E-state index in [0.717, 1.165) is 6.07 Å². The Bertz CT molecular complexity index is 758. The topological polar surface area (TPSA) is 77.8 Å². The number of nitrogen functional groups attached to an aromatic ring is 1. The summed E-state index contributed by atoms with van der Waals surface area (Å²) in [6.07, 6.45) is 3.15. The zero-order valence-electron chi connectivity index (χ0n) is 10.0. The second kappa shape index (κ2) is 4.69. The van der Waals surface area contributed by atoms with Crippen LogP contribution in [-0.2, 0) is 0 Å². The van der Waals surface area contributed by atoms with Crippen molar-refractivity contribution in [1.29, 1.82) is 0 Å². The van der Waals surface area contributed by atoms with Crippen molar-refractivity contribution in [3.05, 3.63) is 48.3 Å². The van der Waals surface area contributed by atoms with E-state index >= 15 is 0 Å². The van der Waals surface area contributed by atoms with E-state index in [9.17, 15) is 8.78 Å². The molecule has 0 unspecified atom stereocenters. The molecule has 2 heterocycles. The SMILES string of the molecule is Nc1cc(-c2nc(-c3cccnc3)no2)c(F)cc1F. The fraction of sp³-hybridized carbons (Fsp3) is 0. The minimum atomic E-state index is -0.835. The third kappa shape index (κ3) is 2.09. The maximum absolute atomic E-state index is 13.7. The molecule has 2 N–H and O–H groups in total. The van der Waals surface area contributed by atoms with Gasteiger partial charge in [0.1, 0.15) is 11.6 Å². The van der Waals surface area contributed by atoms with Crippen LogP contribution in [0.15, 0.2) is 41.2 Å². The van der Waals surface area contributed by atoms with Gasteiger partial charge in [-0.15, -0.1) is 0 Å². The molecule has 0 saturated carbocycles. The van der Waals surface area contributed by atoms with Crippen LogP contribution in [0.1, 0.15) is 0 Å². The Morgan fingerprint density at radius 3 is 2.75 bits per heavy atom. The first-order valence-corrected chi connectivity index (χ1v) is 5.64. The number of hydrogen-bond acceptors (Lipinski definition) is 5. The van der Waals surface area contributed by atoms with Gasteiger partial charge in [0, 0.05) is 24.0 Å². The van der Waals surface area contributed by atoms with Gasteiger partial charge in [-0.2, -0.15) is 4.98 Å². The first kappa shape index (κ1) is 12.2. The maximum Gasteiger partial charge on any atom is 0.261 e. The lowest BCUT2D eigenvalue weighted by Gasteiger charge is -2.00. The van der Waals surface area contributed by atoms with E-state index < -0.39 is 11.6 Å². The number of rotatable bonds is 2. The van der Waals surface area contributed by atoms with Gasteiger partial charge in [-0.1, -0.05) is 5.16 Å². The summed E-state index contributed by atoms with van der Waals surface area (Å²) >= 11 is 0. The van der Waals surface area contributed by atoms with E-state index in [4.69, 9.17) is 10.3 Å². The molecule has 0 fully saturated rings. The van der Waals surface area contributed by atoms with Gasteiger partial charge in [0.25, 0.3) is 5.89 Å². The quantitative estimate of drug-likeness (QED) is 0.727. The normalized spacial score (nSPS) is 10.7. The first-order valence-electron chi connectivity index (χ1n) is 5.64. The van der Waals surface area contributed by atoms with Crippen molar-refractivity contribution in [2.75, 3.05) is 5.73 Å². The fourth-order valence-electron chi connectivity index (χ4n) is 1.67. The van der Waals surface area contributed by atoms with Crippen LogP contribution in [0.2, 0.25) is 0 Å². The number of nitrogens with zero attached hydrogens (tertiary/aromatic N) is 3. The molecule has 7 heteroatoms. The van der Waals surface area contributed by atoms with Crippen molar-refractivity contribution in [2.24, 2.45) is 0 Å². The number of nitrogens with two attached hydrogens (primary N) is 1. The van der Waals surface area contributed by atoms with Gasteiger partial charge in [-0.05, 0) is 18.2 Å². The minimum absolute atomic E-state index is 0.0495. The van der Waals surface area contributed by atoms with Crippen LogP contribution < -0.4 is 5.73 Å². The van der Waals surface area contributed by atoms with Crippen LogP contribution in [0.25, 0.3) is 22.8 Å². The van der Waals surface area contributed by atoms with Crippen LogP contribution in [0.3, 0.4) is 0 Å². The lowest BCUT2D eigenvalue weighted by atomic mass is 10.2. The van der Waals surface area contributed by atoms with E-state index in [-0.39, 0.29) is 23.0 Å². The van der Waals surface area contributed by atoms with E-state index in [2.05, 4.69) is 15.1 Å². The van der Waals surface area contributed by atoms with Crippen molar-refractivity contribution in [2.45, 2.75) is 0 Å². The van der Waals surface area contributed by atoms with E-state index in [0.29, 0.717) is 11.6 Å². The average molecular weight is 274 g/mol. The molecule has 20 heavy (non-hydrogen) atoms. The summed E-state index contributed by atoms with van der Waals surface area (Å²) in [5.74, 6) is -1.47. The molecule has 0 atom stereocenters. The molecule has 3 rings (SSSR count). The first-order chi connectivity index (χ1) is 9.65. The largest absolute Gasteiger partial charge is 0.396 e. The Balaban J connectivity index is 2.05. The Labute approximate surface area is 112 Å². The molecule has 0 spiro atoms. The number of pyridine rings is 1. The summed E-state index contributed by atoms with van der Waals surface area (Å²) < 4.78 is 31.8. The summed E-state index contributed by atoms with van der Waals surface area (Å²) in [6.45, 7) is 0. The van der Waals surface area contributed by atoms with Gasteiger partial charge < -0.3 is 10.3 Å². The van der Waals surface area contributed by atoms with Crippen LogP contribution in [0.4, 0.5) is 14.5 Å². The monoisotopic (exact) mass is 274 g/mol. The molecule has 0 aliphatic rings. The summed E-state index contributed by atoms with van der Waals surface area (Å²) in [4.78, 5) is 7.97. The highest BCUT2D eigenvalue weighted by molar-refractivity contribution is 5.63. The zero-order valence-corrected chi connectivity index (χ0v) is 10.0. The molecule has 3 aromatic rings. The molecule has 0 aliphatic heterocycles. The van der Waals surface area contributed by atoms with Gasteiger partial charge in [-0.25, -0.2) is 8.78 Å². The van der Waals surface area contributed by atoms with Crippen molar-refractivity contribution in [1.82, 2.24) is 15.1 Å². The molecular formula is C13H8F2N4O. The Morgan fingerprint density at radius 1 is 1.15 bits per heavy atom. The summed E-state index contributed by atoms with van der Waals surface area (Å²) in [7, 11) is 0. The number of benzene rings is 1. The Hall–Kier alpha value is -2.83. The summed E-state index contributed by atoms with van der Waals surface area (Å²) in [6, 6.07) is 5.24. The zero-order chi connectivity index (χ0) is 14.1. The van der Waals surface area contributed by atoms with Gasteiger partial charge >= 0.3 is 0 Å². The molecular weight excluding hydrogens is 266 g/mol. The molecule has 0 amide bonds. The highest BCUT2D eigenvalue weighted by atomic mass is 19.1. The van der Waals surface area contributed by atoms with Gasteiger partial charge in [0.2, 0.25) is 5.82 Å². The number of halogens is 2.